The SMILES string of the molecule is COc1cccc(CC=O)c1OCc1ccccc1. The van der Waals surface area contributed by atoms with Crippen LogP contribution in [0, 0.1) is 0 Å². The number of methoxy groups -OCH3 is 1. The number of carbonyl (C=O) groups excluding carboxylic acids is 1. The zero-order chi connectivity index (χ0) is 13.5. The third-order valence-corrected chi connectivity index (χ3v) is 2.81. The maximum Gasteiger partial charge on any atom is 0.165 e. The fraction of sp³-hybridized carbons (Fsp3) is 0.188. The Morgan fingerprint density at radius 3 is 2.53 bits per heavy atom. The maximum absolute atomic E-state index is 10.7. The number of ether oxygens (including phenoxy) is 2. The zero-order valence-electron chi connectivity index (χ0n) is 10.8. The van der Waals surface area contributed by atoms with Gasteiger partial charge in [-0.2, -0.15) is 0 Å². The van der Waals surface area contributed by atoms with Crippen LogP contribution < -0.4 is 9.47 Å². The topological polar surface area (TPSA) is 35.5 Å². The van der Waals surface area contributed by atoms with Crippen molar-refractivity contribution in [2.45, 2.75) is 13.0 Å². The molecular formula is C16H16O3. The van der Waals surface area contributed by atoms with Gasteiger partial charge in [-0.25, -0.2) is 0 Å². The minimum Gasteiger partial charge on any atom is -0.493 e. The summed E-state index contributed by atoms with van der Waals surface area (Å²) in [5.41, 5.74) is 1.91. The van der Waals surface area contributed by atoms with Gasteiger partial charge in [-0.05, 0) is 11.6 Å². The Labute approximate surface area is 112 Å². The van der Waals surface area contributed by atoms with Crippen LogP contribution in [-0.4, -0.2) is 13.4 Å². The van der Waals surface area contributed by atoms with Crippen molar-refractivity contribution in [1.29, 1.82) is 0 Å². The number of hydrogen-bond donors (Lipinski definition) is 0. The van der Waals surface area contributed by atoms with Gasteiger partial charge in [-0.3, -0.25) is 0 Å². The molecule has 0 aliphatic carbocycles. The summed E-state index contributed by atoms with van der Waals surface area (Å²) < 4.78 is 11.1. The van der Waals surface area contributed by atoms with E-state index >= 15 is 0 Å². The Bertz CT molecular complexity index is 535. The summed E-state index contributed by atoms with van der Waals surface area (Å²) >= 11 is 0. The number of rotatable bonds is 6. The number of carbonyl (C=O) groups is 1. The zero-order valence-corrected chi connectivity index (χ0v) is 10.8. The highest BCUT2D eigenvalue weighted by atomic mass is 16.5. The van der Waals surface area contributed by atoms with Crippen molar-refractivity contribution in [2.24, 2.45) is 0 Å². The molecule has 0 amide bonds. The van der Waals surface area contributed by atoms with Crippen LogP contribution >= 0.6 is 0 Å². The maximum atomic E-state index is 10.7. The van der Waals surface area contributed by atoms with E-state index in [1.165, 1.54) is 0 Å². The van der Waals surface area contributed by atoms with Crippen molar-refractivity contribution in [1.82, 2.24) is 0 Å². The van der Waals surface area contributed by atoms with Gasteiger partial charge in [0, 0.05) is 12.0 Å². The van der Waals surface area contributed by atoms with Crippen molar-refractivity contribution in [3.05, 3.63) is 59.7 Å². The van der Waals surface area contributed by atoms with Crippen LogP contribution in [0.25, 0.3) is 0 Å². The van der Waals surface area contributed by atoms with Gasteiger partial charge >= 0.3 is 0 Å². The summed E-state index contributed by atoms with van der Waals surface area (Å²) in [5, 5.41) is 0. The monoisotopic (exact) mass is 256 g/mol. The smallest absolute Gasteiger partial charge is 0.165 e. The van der Waals surface area contributed by atoms with E-state index < -0.39 is 0 Å². The molecule has 0 aromatic heterocycles. The highest BCUT2D eigenvalue weighted by molar-refractivity contribution is 5.60. The Morgan fingerprint density at radius 1 is 1.05 bits per heavy atom. The fourth-order valence-corrected chi connectivity index (χ4v) is 1.87. The molecule has 0 aliphatic rings. The lowest BCUT2D eigenvalue weighted by Crippen LogP contribution is -2.01. The molecule has 0 heterocycles. The third-order valence-electron chi connectivity index (χ3n) is 2.81. The van der Waals surface area contributed by atoms with E-state index in [0.717, 1.165) is 17.4 Å². The van der Waals surface area contributed by atoms with Crippen LogP contribution in [0.15, 0.2) is 48.5 Å². The van der Waals surface area contributed by atoms with E-state index in [0.29, 0.717) is 24.5 Å². The van der Waals surface area contributed by atoms with E-state index in [9.17, 15) is 4.79 Å². The summed E-state index contributed by atoms with van der Waals surface area (Å²) in [6.07, 6.45) is 1.19. The highest BCUT2D eigenvalue weighted by Gasteiger charge is 2.10. The van der Waals surface area contributed by atoms with E-state index in [4.69, 9.17) is 9.47 Å². The van der Waals surface area contributed by atoms with Crippen molar-refractivity contribution < 1.29 is 14.3 Å². The van der Waals surface area contributed by atoms with Gasteiger partial charge in [0.25, 0.3) is 0 Å². The first-order valence-electron chi connectivity index (χ1n) is 6.11. The van der Waals surface area contributed by atoms with E-state index in [-0.39, 0.29) is 0 Å². The van der Waals surface area contributed by atoms with Gasteiger partial charge < -0.3 is 14.3 Å². The summed E-state index contributed by atoms with van der Waals surface area (Å²) in [6.45, 7) is 0.451. The van der Waals surface area contributed by atoms with Crippen LogP contribution in [-0.2, 0) is 17.8 Å². The molecule has 0 spiro atoms. The predicted molar refractivity (Wildman–Crippen MR) is 73.5 cm³/mol. The minimum atomic E-state index is 0.321. The Balaban J connectivity index is 2.20. The molecule has 0 N–H and O–H groups in total. The summed E-state index contributed by atoms with van der Waals surface area (Å²) in [5.74, 6) is 1.29. The van der Waals surface area contributed by atoms with Crippen LogP contribution in [0.4, 0.5) is 0 Å². The second kappa shape index (κ2) is 6.59. The van der Waals surface area contributed by atoms with Crippen LogP contribution in [0.2, 0.25) is 0 Å². The Kier molecular flexibility index (Phi) is 4.56. The van der Waals surface area contributed by atoms with Crippen LogP contribution in [0.3, 0.4) is 0 Å². The molecule has 3 nitrogen and oxygen atoms in total. The van der Waals surface area contributed by atoms with E-state index in [2.05, 4.69) is 0 Å². The molecule has 2 rings (SSSR count). The molecule has 0 bridgehead atoms. The Morgan fingerprint density at radius 2 is 1.84 bits per heavy atom. The Hall–Kier alpha value is -2.29. The van der Waals surface area contributed by atoms with Crippen molar-refractivity contribution in [2.75, 3.05) is 7.11 Å². The van der Waals surface area contributed by atoms with Gasteiger partial charge in [-0.15, -0.1) is 0 Å². The second-order valence-electron chi connectivity index (χ2n) is 4.09. The van der Waals surface area contributed by atoms with Gasteiger partial charge in [-0.1, -0.05) is 42.5 Å². The summed E-state index contributed by atoms with van der Waals surface area (Å²) in [7, 11) is 1.59. The average molecular weight is 256 g/mol. The lowest BCUT2D eigenvalue weighted by molar-refractivity contribution is -0.107. The molecule has 0 saturated heterocycles. The largest absolute Gasteiger partial charge is 0.493 e. The normalized spacial score (nSPS) is 9.95. The molecule has 19 heavy (non-hydrogen) atoms. The lowest BCUT2D eigenvalue weighted by Gasteiger charge is -2.14. The van der Waals surface area contributed by atoms with Crippen molar-refractivity contribution >= 4 is 6.29 Å². The molecular weight excluding hydrogens is 240 g/mol. The molecule has 0 aliphatic heterocycles. The standard InChI is InChI=1S/C16H16O3/c1-18-15-9-5-8-14(10-11-17)16(15)19-12-13-6-3-2-4-7-13/h2-9,11H,10,12H2,1H3. The first kappa shape index (κ1) is 13.1. The third kappa shape index (κ3) is 3.35. The molecule has 3 heteroatoms. The van der Waals surface area contributed by atoms with Gasteiger partial charge in [0.15, 0.2) is 11.5 Å². The van der Waals surface area contributed by atoms with Crippen molar-refractivity contribution in [3.63, 3.8) is 0 Å². The fourth-order valence-electron chi connectivity index (χ4n) is 1.87. The number of para-hydroxylation sites is 1. The number of hydrogen-bond acceptors (Lipinski definition) is 3. The quantitative estimate of drug-likeness (QED) is 0.745. The van der Waals surface area contributed by atoms with E-state index in [1.54, 1.807) is 7.11 Å². The predicted octanol–water partition coefficient (Wildman–Crippen LogP) is 3.02. The van der Waals surface area contributed by atoms with Crippen molar-refractivity contribution in [3.8, 4) is 11.5 Å². The summed E-state index contributed by atoms with van der Waals surface area (Å²) in [6, 6.07) is 15.4. The minimum absolute atomic E-state index is 0.321. The first-order chi connectivity index (χ1) is 9.35. The van der Waals surface area contributed by atoms with Crippen LogP contribution in [0.1, 0.15) is 11.1 Å². The molecule has 0 unspecified atom stereocenters. The second-order valence-corrected chi connectivity index (χ2v) is 4.09. The molecule has 0 saturated carbocycles. The summed E-state index contributed by atoms with van der Waals surface area (Å²) in [4.78, 5) is 10.7. The van der Waals surface area contributed by atoms with Gasteiger partial charge in [0.05, 0.1) is 7.11 Å². The van der Waals surface area contributed by atoms with E-state index in [1.807, 2.05) is 48.5 Å². The lowest BCUT2D eigenvalue weighted by atomic mass is 10.1. The molecule has 0 radical (unpaired) electrons. The average Bonchev–Trinajstić information content (AvgIpc) is 2.47. The number of aldehydes is 1. The molecule has 2 aromatic rings. The molecule has 0 atom stereocenters. The van der Waals surface area contributed by atoms with Crippen LogP contribution in [0.5, 0.6) is 11.5 Å². The first-order valence-corrected chi connectivity index (χ1v) is 6.11. The molecule has 0 fully saturated rings. The number of benzene rings is 2. The van der Waals surface area contributed by atoms with Gasteiger partial charge in [0.2, 0.25) is 0 Å². The molecule has 2 aromatic carbocycles. The highest BCUT2D eigenvalue weighted by Crippen LogP contribution is 2.31. The van der Waals surface area contributed by atoms with Gasteiger partial charge in [0.1, 0.15) is 12.9 Å². The molecule has 98 valence electrons.